The Kier molecular flexibility index (Phi) is 5.25. The zero-order valence-corrected chi connectivity index (χ0v) is 14.9. The smallest absolute Gasteiger partial charge is 0.289 e. The van der Waals surface area contributed by atoms with Crippen LogP contribution in [0.25, 0.3) is 11.3 Å². The van der Waals surface area contributed by atoms with E-state index in [4.69, 9.17) is 4.74 Å². The highest BCUT2D eigenvalue weighted by molar-refractivity contribution is 9.10. The topological polar surface area (TPSA) is 79.4 Å². The Morgan fingerprint density at radius 2 is 2.00 bits per heavy atom. The number of aromatic amines is 1. The van der Waals surface area contributed by atoms with Crippen LogP contribution in [0.4, 0.5) is 0 Å². The first-order chi connectivity index (χ1) is 12.2. The summed E-state index contributed by atoms with van der Waals surface area (Å²) in [6.45, 7) is 0. The molecule has 0 saturated heterocycles. The summed E-state index contributed by atoms with van der Waals surface area (Å²) < 4.78 is 6.03. The molecular formula is C18H15BrN4O2. The summed E-state index contributed by atoms with van der Waals surface area (Å²) in [4.78, 5) is 12.1. The van der Waals surface area contributed by atoms with Crippen LogP contribution in [0.1, 0.15) is 16.1 Å². The first-order valence-electron chi connectivity index (χ1n) is 7.45. The molecule has 0 atom stereocenters. The summed E-state index contributed by atoms with van der Waals surface area (Å²) in [5.41, 5.74) is 5.22. The number of benzene rings is 2. The molecule has 1 amide bonds. The van der Waals surface area contributed by atoms with Gasteiger partial charge in [0.05, 0.1) is 19.0 Å². The quantitative estimate of drug-likeness (QED) is 0.508. The Bertz CT molecular complexity index is 903. The Balaban J connectivity index is 1.67. The van der Waals surface area contributed by atoms with E-state index in [2.05, 4.69) is 36.7 Å². The maximum Gasteiger partial charge on any atom is 0.289 e. The van der Waals surface area contributed by atoms with Crippen LogP contribution in [0.3, 0.4) is 0 Å². The van der Waals surface area contributed by atoms with E-state index in [9.17, 15) is 4.79 Å². The summed E-state index contributed by atoms with van der Waals surface area (Å²) in [5, 5.41) is 10.8. The van der Waals surface area contributed by atoms with Crippen LogP contribution >= 0.6 is 15.9 Å². The second kappa shape index (κ2) is 7.76. The minimum Gasteiger partial charge on any atom is -0.497 e. The molecule has 0 saturated carbocycles. The van der Waals surface area contributed by atoms with Gasteiger partial charge in [0.1, 0.15) is 11.4 Å². The van der Waals surface area contributed by atoms with Crippen molar-refractivity contribution in [1.82, 2.24) is 15.6 Å². The lowest BCUT2D eigenvalue weighted by atomic mass is 10.1. The molecule has 0 aliphatic rings. The van der Waals surface area contributed by atoms with Gasteiger partial charge in [-0.3, -0.25) is 9.89 Å². The van der Waals surface area contributed by atoms with Crippen LogP contribution in [-0.2, 0) is 0 Å². The van der Waals surface area contributed by atoms with E-state index in [0.29, 0.717) is 11.4 Å². The summed E-state index contributed by atoms with van der Waals surface area (Å²) in [5.74, 6) is 0.397. The Morgan fingerprint density at radius 3 is 2.72 bits per heavy atom. The number of amides is 1. The van der Waals surface area contributed by atoms with Crippen LogP contribution in [0, 0.1) is 0 Å². The van der Waals surface area contributed by atoms with Crippen molar-refractivity contribution in [3.63, 3.8) is 0 Å². The van der Waals surface area contributed by atoms with Crippen molar-refractivity contribution in [2.75, 3.05) is 7.11 Å². The standard InChI is InChI=1S/C18H15BrN4O2/c1-25-14-8-6-12(7-9-14)16-10-17(22-21-16)18(24)23-20-11-13-4-2-3-5-15(13)19/h2-11H,1H3,(H,21,22)(H,23,24). The summed E-state index contributed by atoms with van der Waals surface area (Å²) >= 11 is 3.42. The average Bonchev–Trinajstić information content (AvgIpc) is 3.13. The van der Waals surface area contributed by atoms with Gasteiger partial charge in [0.25, 0.3) is 5.91 Å². The molecule has 0 fully saturated rings. The number of aromatic nitrogens is 2. The predicted molar refractivity (Wildman–Crippen MR) is 99.8 cm³/mol. The zero-order chi connectivity index (χ0) is 17.6. The zero-order valence-electron chi connectivity index (χ0n) is 13.4. The van der Waals surface area contributed by atoms with Gasteiger partial charge in [-0.25, -0.2) is 5.43 Å². The molecule has 1 heterocycles. The van der Waals surface area contributed by atoms with Crippen molar-refractivity contribution in [3.05, 3.63) is 70.3 Å². The number of carbonyl (C=O) groups is 1. The van der Waals surface area contributed by atoms with Crippen LogP contribution < -0.4 is 10.2 Å². The van der Waals surface area contributed by atoms with Gasteiger partial charge >= 0.3 is 0 Å². The van der Waals surface area contributed by atoms with Crippen molar-refractivity contribution in [2.45, 2.75) is 0 Å². The molecule has 25 heavy (non-hydrogen) atoms. The van der Waals surface area contributed by atoms with Gasteiger partial charge in [-0.05, 0) is 36.4 Å². The minimum absolute atomic E-state index is 0.329. The normalized spacial score (nSPS) is 10.8. The van der Waals surface area contributed by atoms with Crippen LogP contribution in [0.15, 0.2) is 64.2 Å². The maximum atomic E-state index is 12.1. The number of carbonyl (C=O) groups excluding carboxylic acids is 1. The monoisotopic (exact) mass is 398 g/mol. The van der Waals surface area contributed by atoms with E-state index in [1.54, 1.807) is 19.4 Å². The third kappa shape index (κ3) is 4.13. The van der Waals surface area contributed by atoms with Gasteiger partial charge in [0, 0.05) is 15.6 Å². The Hall–Kier alpha value is -2.93. The fraction of sp³-hybridized carbons (Fsp3) is 0.0556. The molecule has 0 aliphatic heterocycles. The molecule has 0 radical (unpaired) electrons. The highest BCUT2D eigenvalue weighted by atomic mass is 79.9. The number of hydrogen-bond donors (Lipinski definition) is 2. The van der Waals surface area contributed by atoms with E-state index in [1.165, 1.54) is 0 Å². The number of hydrogen-bond acceptors (Lipinski definition) is 4. The van der Waals surface area contributed by atoms with Crippen LogP contribution in [-0.4, -0.2) is 29.4 Å². The summed E-state index contributed by atoms with van der Waals surface area (Å²) in [6, 6.07) is 16.7. The second-order valence-corrected chi connectivity index (χ2v) is 5.97. The molecule has 0 spiro atoms. The van der Waals surface area contributed by atoms with E-state index in [1.807, 2.05) is 48.5 Å². The highest BCUT2D eigenvalue weighted by Gasteiger charge is 2.10. The van der Waals surface area contributed by atoms with E-state index < -0.39 is 0 Å². The predicted octanol–water partition coefficient (Wildman–Crippen LogP) is 3.61. The Labute approximate surface area is 153 Å². The fourth-order valence-electron chi connectivity index (χ4n) is 2.15. The molecule has 1 aromatic heterocycles. The second-order valence-electron chi connectivity index (χ2n) is 5.12. The number of nitrogens with one attached hydrogen (secondary N) is 2. The number of hydrazone groups is 1. The minimum atomic E-state index is -0.365. The molecular weight excluding hydrogens is 384 g/mol. The number of halogens is 1. The van der Waals surface area contributed by atoms with Gasteiger partial charge in [-0.15, -0.1) is 0 Å². The number of nitrogens with zero attached hydrogens (tertiary/aromatic N) is 2. The van der Waals surface area contributed by atoms with Crippen molar-refractivity contribution in [2.24, 2.45) is 5.10 Å². The van der Waals surface area contributed by atoms with Gasteiger partial charge in [0.15, 0.2) is 0 Å². The number of ether oxygens (including phenoxy) is 1. The van der Waals surface area contributed by atoms with Crippen LogP contribution in [0.5, 0.6) is 5.75 Å². The first kappa shape index (κ1) is 16.9. The van der Waals surface area contributed by atoms with E-state index in [-0.39, 0.29) is 5.91 Å². The lowest BCUT2D eigenvalue weighted by Crippen LogP contribution is -2.18. The summed E-state index contributed by atoms with van der Waals surface area (Å²) in [6.07, 6.45) is 1.57. The van der Waals surface area contributed by atoms with Gasteiger partial charge in [0.2, 0.25) is 0 Å². The third-order valence-corrected chi connectivity index (χ3v) is 4.21. The molecule has 2 N–H and O–H groups in total. The van der Waals surface area contributed by atoms with Crippen molar-refractivity contribution < 1.29 is 9.53 Å². The van der Waals surface area contributed by atoms with E-state index >= 15 is 0 Å². The van der Waals surface area contributed by atoms with Crippen LogP contribution in [0.2, 0.25) is 0 Å². The fourth-order valence-corrected chi connectivity index (χ4v) is 2.54. The molecule has 126 valence electrons. The van der Waals surface area contributed by atoms with Gasteiger partial charge in [-0.2, -0.15) is 10.2 Å². The molecule has 2 aromatic carbocycles. The molecule has 0 bridgehead atoms. The third-order valence-electron chi connectivity index (χ3n) is 3.48. The molecule has 0 aliphatic carbocycles. The van der Waals surface area contributed by atoms with E-state index in [0.717, 1.165) is 21.3 Å². The SMILES string of the molecule is COc1ccc(-c2cc(C(=O)NN=Cc3ccccc3Br)[nH]n2)cc1. The Morgan fingerprint density at radius 1 is 1.24 bits per heavy atom. The lowest BCUT2D eigenvalue weighted by molar-refractivity contribution is 0.0950. The van der Waals surface area contributed by atoms with Crippen molar-refractivity contribution in [3.8, 4) is 17.0 Å². The molecule has 7 heteroatoms. The summed E-state index contributed by atoms with van der Waals surface area (Å²) in [7, 11) is 1.61. The van der Waals surface area contributed by atoms with Crippen molar-refractivity contribution >= 4 is 28.1 Å². The first-order valence-corrected chi connectivity index (χ1v) is 8.24. The molecule has 3 rings (SSSR count). The lowest BCUT2D eigenvalue weighted by Gasteiger charge is -2.00. The number of rotatable bonds is 5. The largest absolute Gasteiger partial charge is 0.497 e. The van der Waals surface area contributed by atoms with Crippen molar-refractivity contribution in [1.29, 1.82) is 0 Å². The van der Waals surface area contributed by atoms with Gasteiger partial charge in [-0.1, -0.05) is 34.1 Å². The van der Waals surface area contributed by atoms with Gasteiger partial charge < -0.3 is 4.74 Å². The number of H-pyrrole nitrogens is 1. The molecule has 0 unspecified atom stereocenters. The molecule has 6 nitrogen and oxygen atoms in total. The average molecular weight is 399 g/mol. The maximum absolute atomic E-state index is 12.1. The highest BCUT2D eigenvalue weighted by Crippen LogP contribution is 2.21. The molecule has 3 aromatic rings. The number of methoxy groups -OCH3 is 1.